The Hall–Kier alpha value is -0.530. The van der Waals surface area contributed by atoms with Crippen LogP contribution in [0.1, 0.15) is 57.8 Å². The minimum absolute atomic E-state index is 0.0865. The fraction of sp³-hybridized carbons (Fsp3) is 0.938. The Morgan fingerprint density at radius 2 is 1.56 bits per heavy atom. The van der Waals surface area contributed by atoms with E-state index in [1.165, 1.54) is 57.8 Å². The van der Waals surface area contributed by atoms with Crippen LogP contribution < -0.4 is 0 Å². The summed E-state index contributed by atoms with van der Waals surface area (Å²) < 4.78 is 0. The van der Waals surface area contributed by atoms with Gasteiger partial charge >= 0.3 is 0 Å². The number of carbonyl (C=O) groups is 1. The zero-order valence-corrected chi connectivity index (χ0v) is 11.4. The number of hydrogen-bond donors (Lipinski definition) is 0. The molecule has 4 saturated carbocycles. The van der Waals surface area contributed by atoms with Gasteiger partial charge in [-0.1, -0.05) is 0 Å². The maximum absolute atomic E-state index is 13.0. The lowest BCUT2D eigenvalue weighted by Crippen LogP contribution is -2.46. The molecule has 1 aliphatic heterocycles. The van der Waals surface area contributed by atoms with Crippen molar-refractivity contribution >= 4 is 5.91 Å². The van der Waals surface area contributed by atoms with Gasteiger partial charge in [-0.2, -0.15) is 0 Å². The molecule has 2 atom stereocenters. The van der Waals surface area contributed by atoms with E-state index in [0.29, 0.717) is 5.91 Å². The summed E-state index contributed by atoms with van der Waals surface area (Å²) >= 11 is 0. The monoisotopic (exact) mass is 247 g/mol. The molecule has 5 aliphatic rings. The van der Waals surface area contributed by atoms with Crippen LogP contribution in [0.2, 0.25) is 0 Å². The highest BCUT2D eigenvalue weighted by Gasteiger charge is 2.52. The van der Waals surface area contributed by atoms with Crippen LogP contribution in [0.4, 0.5) is 0 Å². The molecule has 0 aromatic carbocycles. The molecule has 4 aliphatic carbocycles. The lowest BCUT2D eigenvalue weighted by molar-refractivity contribution is -0.145. The molecule has 18 heavy (non-hydrogen) atoms. The second-order valence-electron chi connectivity index (χ2n) is 7.53. The molecule has 0 N–H and O–H groups in total. The van der Waals surface area contributed by atoms with Crippen molar-refractivity contribution < 1.29 is 4.79 Å². The normalized spacial score (nSPS) is 46.4. The van der Waals surface area contributed by atoms with Gasteiger partial charge in [0.1, 0.15) is 0 Å². The second kappa shape index (κ2) is 3.98. The lowest BCUT2D eigenvalue weighted by Gasteiger charge is -2.45. The highest BCUT2D eigenvalue weighted by atomic mass is 16.2. The molecule has 0 radical (unpaired) electrons. The fourth-order valence-corrected chi connectivity index (χ4v) is 5.68. The highest BCUT2D eigenvalue weighted by Crippen LogP contribution is 2.57. The zero-order chi connectivity index (χ0) is 12.2. The van der Waals surface area contributed by atoms with Crippen LogP contribution in [-0.4, -0.2) is 23.9 Å². The van der Waals surface area contributed by atoms with Crippen molar-refractivity contribution in [1.82, 2.24) is 4.90 Å². The average molecular weight is 247 g/mol. The molecule has 4 bridgehead atoms. The molecule has 2 nitrogen and oxygen atoms in total. The van der Waals surface area contributed by atoms with E-state index < -0.39 is 0 Å². The van der Waals surface area contributed by atoms with E-state index >= 15 is 0 Å². The molecule has 5 rings (SSSR count). The third-order valence-corrected chi connectivity index (χ3v) is 6.24. The van der Waals surface area contributed by atoms with Crippen molar-refractivity contribution in [3.63, 3.8) is 0 Å². The number of fused-ring (bicyclic) bond motifs is 1. The van der Waals surface area contributed by atoms with Crippen molar-refractivity contribution in [2.24, 2.45) is 23.2 Å². The minimum atomic E-state index is 0.0865. The van der Waals surface area contributed by atoms with E-state index in [1.807, 2.05) is 0 Å². The number of nitrogens with zero attached hydrogens (tertiary/aromatic N) is 1. The van der Waals surface area contributed by atoms with Crippen LogP contribution in [0.3, 0.4) is 0 Å². The van der Waals surface area contributed by atoms with Crippen LogP contribution in [0.5, 0.6) is 0 Å². The van der Waals surface area contributed by atoms with E-state index in [9.17, 15) is 4.79 Å². The van der Waals surface area contributed by atoms with E-state index in [1.54, 1.807) is 0 Å². The zero-order valence-electron chi connectivity index (χ0n) is 11.4. The molecule has 0 spiro atoms. The van der Waals surface area contributed by atoms with Crippen molar-refractivity contribution in [3.05, 3.63) is 0 Å². The molecule has 0 aromatic rings. The Morgan fingerprint density at radius 1 is 0.944 bits per heavy atom. The summed E-state index contributed by atoms with van der Waals surface area (Å²) in [5.41, 5.74) is 0.0865. The summed E-state index contributed by atoms with van der Waals surface area (Å²) in [5.74, 6) is 3.29. The first-order valence-corrected chi connectivity index (χ1v) is 8.05. The second-order valence-corrected chi connectivity index (χ2v) is 7.53. The number of likely N-dealkylation sites (tertiary alicyclic amines) is 1. The maximum atomic E-state index is 13.0. The first-order chi connectivity index (χ1) is 8.75. The summed E-state index contributed by atoms with van der Waals surface area (Å²) in [6, 6.07) is 0. The molecule has 2 heteroatoms. The van der Waals surface area contributed by atoms with Gasteiger partial charge in [-0.3, -0.25) is 4.79 Å². The van der Waals surface area contributed by atoms with Crippen molar-refractivity contribution in [2.75, 3.05) is 13.1 Å². The Bertz CT molecular complexity index is 344. The first-order valence-electron chi connectivity index (χ1n) is 8.05. The average Bonchev–Trinajstić information content (AvgIpc) is 2.81. The SMILES string of the molecule is O=C(N1CCCC1)C12CCC3C[C@H](C[C@@H](C3)C1)C2. The van der Waals surface area contributed by atoms with Gasteiger partial charge in [0.25, 0.3) is 0 Å². The standard InChI is InChI=1S/C16H25NO/c18-15(17-5-1-2-6-17)16-4-3-12-7-13(10-16)9-14(8-12)11-16/h12-14H,1-11H2/t12?,13-,14-,16?/m1/s1. The molecule has 1 heterocycles. The van der Waals surface area contributed by atoms with Gasteiger partial charge in [0, 0.05) is 18.5 Å². The third kappa shape index (κ3) is 1.64. The molecule has 100 valence electrons. The largest absolute Gasteiger partial charge is 0.342 e. The predicted octanol–water partition coefficient (Wildman–Crippen LogP) is 3.22. The van der Waals surface area contributed by atoms with Crippen LogP contribution in [-0.2, 0) is 4.79 Å². The van der Waals surface area contributed by atoms with Gasteiger partial charge in [-0.25, -0.2) is 0 Å². The van der Waals surface area contributed by atoms with Crippen LogP contribution in [0, 0.1) is 23.2 Å². The third-order valence-electron chi connectivity index (χ3n) is 6.24. The van der Waals surface area contributed by atoms with E-state index in [2.05, 4.69) is 4.90 Å². The number of carbonyl (C=O) groups excluding carboxylic acids is 1. The van der Waals surface area contributed by atoms with Gasteiger partial charge in [0.05, 0.1) is 0 Å². The summed E-state index contributed by atoms with van der Waals surface area (Å²) in [6.45, 7) is 2.08. The van der Waals surface area contributed by atoms with Crippen molar-refractivity contribution in [1.29, 1.82) is 0 Å². The molecule has 0 aromatic heterocycles. The van der Waals surface area contributed by atoms with Gasteiger partial charge in [-0.05, 0) is 75.5 Å². The van der Waals surface area contributed by atoms with Crippen molar-refractivity contribution in [2.45, 2.75) is 57.8 Å². The van der Waals surface area contributed by atoms with Crippen LogP contribution in [0.15, 0.2) is 0 Å². The highest BCUT2D eigenvalue weighted by molar-refractivity contribution is 5.83. The Labute approximate surface area is 110 Å². The topological polar surface area (TPSA) is 20.3 Å². The maximum Gasteiger partial charge on any atom is 0.228 e. The molecule has 5 fully saturated rings. The van der Waals surface area contributed by atoms with E-state index in [4.69, 9.17) is 0 Å². The van der Waals surface area contributed by atoms with E-state index in [-0.39, 0.29) is 5.41 Å². The van der Waals surface area contributed by atoms with E-state index in [0.717, 1.165) is 30.8 Å². The number of hydrogen-bond acceptors (Lipinski definition) is 1. The molecule has 0 unspecified atom stereocenters. The number of rotatable bonds is 1. The van der Waals surface area contributed by atoms with Gasteiger partial charge in [0.2, 0.25) is 5.91 Å². The molecule has 1 amide bonds. The smallest absolute Gasteiger partial charge is 0.228 e. The van der Waals surface area contributed by atoms with Gasteiger partial charge in [0.15, 0.2) is 0 Å². The summed E-state index contributed by atoms with van der Waals surface area (Å²) in [5, 5.41) is 0. The summed E-state index contributed by atoms with van der Waals surface area (Å²) in [7, 11) is 0. The molecule has 1 saturated heterocycles. The first kappa shape index (κ1) is 11.3. The summed E-state index contributed by atoms with van der Waals surface area (Å²) in [4.78, 5) is 15.2. The predicted molar refractivity (Wildman–Crippen MR) is 71.0 cm³/mol. The van der Waals surface area contributed by atoms with Gasteiger partial charge < -0.3 is 4.90 Å². The summed E-state index contributed by atoms with van der Waals surface area (Å²) in [6.07, 6.45) is 11.8. The minimum Gasteiger partial charge on any atom is -0.342 e. The lowest BCUT2D eigenvalue weighted by atomic mass is 9.61. The number of amides is 1. The van der Waals surface area contributed by atoms with Gasteiger partial charge in [-0.15, -0.1) is 0 Å². The Balaban J connectivity index is 1.63. The fourth-order valence-electron chi connectivity index (χ4n) is 5.68. The molecular formula is C16H25NO. The van der Waals surface area contributed by atoms with Crippen LogP contribution >= 0.6 is 0 Å². The van der Waals surface area contributed by atoms with Crippen LogP contribution in [0.25, 0.3) is 0 Å². The van der Waals surface area contributed by atoms with Crippen molar-refractivity contribution in [3.8, 4) is 0 Å². The molecular weight excluding hydrogens is 222 g/mol. The quantitative estimate of drug-likeness (QED) is 0.696. The Kier molecular flexibility index (Phi) is 2.50. The Morgan fingerprint density at radius 3 is 2.22 bits per heavy atom.